The van der Waals surface area contributed by atoms with Gasteiger partial charge < -0.3 is 29.0 Å². The molecule has 0 bridgehead atoms. The molecular formula is C40H46Cl2N6O6. The number of hydrogen-bond acceptors (Lipinski definition) is 9. The van der Waals surface area contributed by atoms with Crippen molar-refractivity contribution in [1.82, 2.24) is 24.3 Å². The number of fused-ring (bicyclic) bond motifs is 1. The molecule has 0 unspecified atom stereocenters. The number of amides is 2. The number of pyridine rings is 1. The number of anilines is 1. The maximum atomic E-state index is 13.6. The lowest BCUT2D eigenvalue weighted by atomic mass is 9.93. The number of carbonyl (C=O) groups excluding carboxylic acids is 3. The van der Waals surface area contributed by atoms with Crippen molar-refractivity contribution in [2.45, 2.75) is 65.1 Å². The number of benzene rings is 2. The van der Waals surface area contributed by atoms with Gasteiger partial charge in [-0.05, 0) is 64.8 Å². The second-order valence-electron chi connectivity index (χ2n) is 14.7. The molecule has 0 saturated carbocycles. The van der Waals surface area contributed by atoms with Crippen LogP contribution in [0.15, 0.2) is 48.5 Å². The smallest absolute Gasteiger partial charge is 0.410 e. The zero-order valence-corrected chi connectivity index (χ0v) is 33.0. The van der Waals surface area contributed by atoms with Crippen LogP contribution >= 0.6 is 23.2 Å². The van der Waals surface area contributed by atoms with Gasteiger partial charge in [-0.2, -0.15) is 0 Å². The summed E-state index contributed by atoms with van der Waals surface area (Å²) in [7, 11) is 4.83. The highest BCUT2D eigenvalue weighted by Crippen LogP contribution is 2.41. The number of carbonyl (C=O) groups is 3. The fourth-order valence-electron chi connectivity index (χ4n) is 6.99. The van der Waals surface area contributed by atoms with Crippen LogP contribution in [0.1, 0.15) is 67.6 Å². The molecule has 0 radical (unpaired) electrons. The second kappa shape index (κ2) is 16.4. The Morgan fingerprint density at radius 3 is 2.28 bits per heavy atom. The summed E-state index contributed by atoms with van der Waals surface area (Å²) in [6, 6.07) is 15.0. The molecule has 286 valence electrons. The van der Waals surface area contributed by atoms with E-state index in [9.17, 15) is 14.4 Å². The van der Waals surface area contributed by atoms with Gasteiger partial charge in [0.05, 0.1) is 47.9 Å². The lowest BCUT2D eigenvalue weighted by molar-refractivity contribution is -0.142. The van der Waals surface area contributed by atoms with Crippen molar-refractivity contribution >= 4 is 46.9 Å². The van der Waals surface area contributed by atoms with Crippen LogP contribution in [-0.4, -0.2) is 81.8 Å². The minimum atomic E-state index is -0.615. The van der Waals surface area contributed by atoms with Crippen molar-refractivity contribution in [3.05, 3.63) is 81.4 Å². The Morgan fingerprint density at radius 1 is 0.907 bits per heavy atom. The van der Waals surface area contributed by atoms with Gasteiger partial charge in [0.2, 0.25) is 5.88 Å². The predicted octanol–water partition coefficient (Wildman–Crippen LogP) is 7.79. The predicted molar refractivity (Wildman–Crippen MR) is 208 cm³/mol. The van der Waals surface area contributed by atoms with Crippen LogP contribution < -0.4 is 10.1 Å². The molecule has 4 heterocycles. The van der Waals surface area contributed by atoms with Gasteiger partial charge in [-0.1, -0.05) is 59.6 Å². The van der Waals surface area contributed by atoms with Crippen molar-refractivity contribution in [3.8, 4) is 28.3 Å². The highest BCUT2D eigenvalue weighted by Gasteiger charge is 2.31. The molecule has 1 saturated heterocycles. The van der Waals surface area contributed by atoms with Crippen LogP contribution in [0.25, 0.3) is 22.4 Å². The summed E-state index contributed by atoms with van der Waals surface area (Å²) in [4.78, 5) is 51.4. The Morgan fingerprint density at radius 2 is 1.59 bits per heavy atom. The molecule has 14 heteroatoms. The van der Waals surface area contributed by atoms with Gasteiger partial charge in [0.15, 0.2) is 5.82 Å². The number of hydrogen-bond donors (Lipinski definition) is 1. The fourth-order valence-corrected chi connectivity index (χ4v) is 7.59. The zero-order chi connectivity index (χ0) is 38.7. The van der Waals surface area contributed by atoms with E-state index in [4.69, 9.17) is 42.4 Å². The van der Waals surface area contributed by atoms with Crippen LogP contribution in [0.3, 0.4) is 0 Å². The van der Waals surface area contributed by atoms with Gasteiger partial charge in [-0.25, -0.2) is 14.8 Å². The van der Waals surface area contributed by atoms with E-state index in [1.54, 1.807) is 35.8 Å². The van der Waals surface area contributed by atoms with Crippen molar-refractivity contribution in [1.29, 1.82) is 0 Å². The Kier molecular flexibility index (Phi) is 11.8. The standard InChI is InChI=1S/C40H46Cl2N6O6/c1-40(2,3)54-39(51)48-20-17-32-31(23-48)43-36(46(32)4)37(50)44-30-12-8-10-27(35(30)42)26-9-7-11-28(34(26)41)29-14-13-25(38(45-29)53-6)22-47-18-15-24(16-19-47)21-33(49)52-5/h7-14,24H,15-23H2,1-6H3,(H,44,50). The number of ether oxygens (including phenoxy) is 3. The molecular weight excluding hydrogens is 731 g/mol. The number of nitrogens with zero attached hydrogens (tertiary/aromatic N) is 5. The molecule has 0 atom stereocenters. The van der Waals surface area contributed by atoms with E-state index in [2.05, 4.69) is 15.2 Å². The number of piperidine rings is 1. The second-order valence-corrected chi connectivity index (χ2v) is 15.4. The number of methoxy groups -OCH3 is 2. The van der Waals surface area contributed by atoms with Crippen LogP contribution in [-0.2, 0) is 40.8 Å². The minimum absolute atomic E-state index is 0.158. The number of nitrogens with one attached hydrogen (secondary N) is 1. The average molecular weight is 778 g/mol. The Labute approximate surface area is 325 Å². The summed E-state index contributed by atoms with van der Waals surface area (Å²) < 4.78 is 17.9. The molecule has 4 aromatic rings. The summed E-state index contributed by atoms with van der Waals surface area (Å²) in [5, 5.41) is 3.69. The van der Waals surface area contributed by atoms with E-state index in [0.29, 0.717) is 81.5 Å². The van der Waals surface area contributed by atoms with Crippen LogP contribution in [0, 0.1) is 5.92 Å². The third-order valence-electron chi connectivity index (χ3n) is 9.84. The first-order valence-electron chi connectivity index (χ1n) is 18.0. The fraction of sp³-hybridized carbons (Fsp3) is 0.425. The van der Waals surface area contributed by atoms with Crippen molar-refractivity contribution < 1.29 is 28.6 Å². The Bertz CT molecular complexity index is 2050. The quantitative estimate of drug-likeness (QED) is 0.170. The van der Waals surface area contributed by atoms with Crippen molar-refractivity contribution in [2.24, 2.45) is 13.0 Å². The molecule has 1 fully saturated rings. The average Bonchev–Trinajstić information content (AvgIpc) is 3.48. The summed E-state index contributed by atoms with van der Waals surface area (Å²) in [5.74, 6) is 0.467. The molecule has 2 aliphatic rings. The van der Waals surface area contributed by atoms with E-state index >= 15 is 0 Å². The van der Waals surface area contributed by atoms with Gasteiger partial charge >= 0.3 is 12.1 Å². The highest BCUT2D eigenvalue weighted by atomic mass is 35.5. The number of aromatic nitrogens is 3. The molecule has 12 nitrogen and oxygen atoms in total. The topological polar surface area (TPSA) is 128 Å². The summed E-state index contributed by atoms with van der Waals surface area (Å²) >= 11 is 14.1. The van der Waals surface area contributed by atoms with Gasteiger partial charge in [0.1, 0.15) is 5.60 Å². The maximum absolute atomic E-state index is 13.6. The molecule has 2 aliphatic heterocycles. The van der Waals surface area contributed by atoms with Gasteiger partial charge in [0, 0.05) is 60.9 Å². The van der Waals surface area contributed by atoms with E-state index in [1.807, 2.05) is 57.2 Å². The van der Waals surface area contributed by atoms with Crippen molar-refractivity contribution in [3.63, 3.8) is 0 Å². The lowest BCUT2D eigenvalue weighted by Crippen LogP contribution is -2.40. The molecule has 2 aromatic carbocycles. The van der Waals surface area contributed by atoms with Gasteiger partial charge in [-0.3, -0.25) is 14.5 Å². The van der Waals surface area contributed by atoms with Crippen LogP contribution in [0.2, 0.25) is 10.0 Å². The van der Waals surface area contributed by atoms with Gasteiger partial charge in [0.25, 0.3) is 5.91 Å². The first-order chi connectivity index (χ1) is 25.8. The van der Waals surface area contributed by atoms with E-state index in [-0.39, 0.29) is 18.3 Å². The molecule has 0 aliphatic carbocycles. The van der Waals surface area contributed by atoms with Gasteiger partial charge in [-0.15, -0.1) is 0 Å². The monoisotopic (exact) mass is 776 g/mol. The third kappa shape index (κ3) is 8.66. The molecule has 54 heavy (non-hydrogen) atoms. The minimum Gasteiger partial charge on any atom is -0.481 e. The molecule has 0 spiro atoms. The third-order valence-corrected chi connectivity index (χ3v) is 10.7. The molecule has 6 rings (SSSR count). The highest BCUT2D eigenvalue weighted by molar-refractivity contribution is 6.39. The molecule has 2 amide bonds. The number of imidazole rings is 1. The normalized spacial score (nSPS) is 15.1. The summed E-state index contributed by atoms with van der Waals surface area (Å²) in [6.07, 6.45) is 2.45. The first kappa shape index (κ1) is 39.1. The van der Waals surface area contributed by atoms with E-state index in [0.717, 1.165) is 37.2 Å². The summed E-state index contributed by atoms with van der Waals surface area (Å²) in [6.45, 7) is 8.61. The van der Waals surface area contributed by atoms with Crippen LogP contribution in [0.4, 0.5) is 10.5 Å². The number of esters is 1. The van der Waals surface area contributed by atoms with E-state index < -0.39 is 17.6 Å². The SMILES string of the molecule is COC(=O)CC1CCN(Cc2ccc(-c3cccc(-c4cccc(NC(=O)c5nc6c(n5C)CCN(C(=O)OC(C)(C)C)C6)c4Cl)c3Cl)nc2OC)CC1. The Hall–Kier alpha value is -4.65. The van der Waals surface area contributed by atoms with E-state index in [1.165, 1.54) is 7.11 Å². The number of likely N-dealkylation sites (tertiary alicyclic amines) is 1. The zero-order valence-electron chi connectivity index (χ0n) is 31.5. The number of rotatable bonds is 9. The molecule has 1 N–H and O–H groups in total. The largest absolute Gasteiger partial charge is 0.481 e. The summed E-state index contributed by atoms with van der Waals surface area (Å²) in [5.41, 5.74) is 4.93. The van der Waals surface area contributed by atoms with Crippen molar-refractivity contribution in [2.75, 3.05) is 39.2 Å². The maximum Gasteiger partial charge on any atom is 0.410 e. The lowest BCUT2D eigenvalue weighted by Gasteiger charge is -2.31. The molecule has 2 aromatic heterocycles. The van der Waals surface area contributed by atoms with Crippen LogP contribution in [0.5, 0.6) is 5.88 Å². The number of halogens is 2. The first-order valence-corrected chi connectivity index (χ1v) is 18.8. The Balaban J connectivity index is 1.17.